The molecule has 0 radical (unpaired) electrons. The molecule has 106 valence electrons. The number of nitrogens with one attached hydrogen (secondary N) is 1. The first-order valence-electron chi connectivity index (χ1n) is 7.15. The minimum atomic E-state index is 0.333. The van der Waals surface area contributed by atoms with Crippen molar-refractivity contribution in [1.82, 2.24) is 9.97 Å². The number of nitrogens with zero attached hydrogens (tertiary/aromatic N) is 1. The summed E-state index contributed by atoms with van der Waals surface area (Å²) in [5.74, 6) is 1.34. The number of halogens is 2. The first-order valence-corrected chi connectivity index (χ1v) is 7.90. The van der Waals surface area contributed by atoms with Gasteiger partial charge in [0.25, 0.3) is 0 Å². The lowest BCUT2D eigenvalue weighted by molar-refractivity contribution is 0.596. The normalized spacial score (nSPS) is 17.9. The van der Waals surface area contributed by atoms with Crippen LogP contribution in [-0.4, -0.2) is 9.97 Å². The van der Waals surface area contributed by atoms with Crippen LogP contribution in [0.4, 0.5) is 0 Å². The van der Waals surface area contributed by atoms with Crippen molar-refractivity contribution in [3.63, 3.8) is 0 Å². The molecule has 1 aliphatic rings. The molecule has 0 aliphatic heterocycles. The van der Waals surface area contributed by atoms with Gasteiger partial charge in [-0.2, -0.15) is 0 Å². The predicted molar refractivity (Wildman–Crippen MR) is 87.3 cm³/mol. The van der Waals surface area contributed by atoms with Gasteiger partial charge in [0.1, 0.15) is 5.82 Å². The van der Waals surface area contributed by atoms with E-state index in [1.807, 2.05) is 12.1 Å². The highest BCUT2D eigenvalue weighted by atomic mass is 35.5. The molecule has 1 aromatic heterocycles. The Morgan fingerprint density at radius 2 is 1.90 bits per heavy atom. The molecule has 1 aliphatic carbocycles. The third kappa shape index (κ3) is 2.23. The van der Waals surface area contributed by atoms with E-state index in [4.69, 9.17) is 28.2 Å². The van der Waals surface area contributed by atoms with E-state index in [0.717, 1.165) is 29.7 Å². The first-order chi connectivity index (χ1) is 10.2. The molecule has 0 bridgehead atoms. The van der Waals surface area contributed by atoms with Gasteiger partial charge in [0, 0.05) is 5.92 Å². The van der Waals surface area contributed by atoms with E-state index in [9.17, 15) is 0 Å². The second kappa shape index (κ2) is 5.04. The van der Waals surface area contributed by atoms with Gasteiger partial charge in [-0.1, -0.05) is 47.5 Å². The maximum absolute atomic E-state index is 6.08. The minimum absolute atomic E-state index is 0.333. The zero-order valence-electron chi connectivity index (χ0n) is 11.4. The van der Waals surface area contributed by atoms with Crippen molar-refractivity contribution in [3.05, 3.63) is 63.4 Å². The van der Waals surface area contributed by atoms with Crippen molar-refractivity contribution in [2.45, 2.75) is 25.2 Å². The highest BCUT2D eigenvalue weighted by Gasteiger charge is 2.24. The second-order valence-corrected chi connectivity index (χ2v) is 6.36. The Labute approximate surface area is 133 Å². The molecule has 21 heavy (non-hydrogen) atoms. The van der Waals surface area contributed by atoms with E-state index in [-0.39, 0.29) is 0 Å². The highest BCUT2D eigenvalue weighted by Crippen LogP contribution is 2.36. The average molecular weight is 317 g/mol. The van der Waals surface area contributed by atoms with Gasteiger partial charge in [0.05, 0.1) is 21.1 Å². The van der Waals surface area contributed by atoms with Gasteiger partial charge in [0.15, 0.2) is 0 Å². The SMILES string of the molecule is Clc1cc2nc(C3CCCc4ccccc43)[nH]c2cc1Cl. The Bertz CT molecular complexity index is 784. The van der Waals surface area contributed by atoms with Crippen LogP contribution < -0.4 is 0 Å². The number of aromatic nitrogens is 2. The van der Waals surface area contributed by atoms with Crippen molar-refractivity contribution in [1.29, 1.82) is 0 Å². The van der Waals surface area contributed by atoms with Crippen LogP contribution in [0.25, 0.3) is 11.0 Å². The van der Waals surface area contributed by atoms with Crippen molar-refractivity contribution < 1.29 is 0 Å². The molecule has 4 rings (SSSR count). The smallest absolute Gasteiger partial charge is 0.114 e. The summed E-state index contributed by atoms with van der Waals surface area (Å²) in [6, 6.07) is 12.3. The fourth-order valence-corrected chi connectivity index (χ4v) is 3.55. The number of aromatic amines is 1. The first kappa shape index (κ1) is 13.2. The van der Waals surface area contributed by atoms with Crippen LogP contribution in [0.15, 0.2) is 36.4 Å². The van der Waals surface area contributed by atoms with Crippen LogP contribution >= 0.6 is 23.2 Å². The number of rotatable bonds is 1. The van der Waals surface area contributed by atoms with Crippen LogP contribution in [0.1, 0.15) is 35.7 Å². The highest BCUT2D eigenvalue weighted by molar-refractivity contribution is 6.42. The molecule has 3 aromatic rings. The number of imidazole rings is 1. The minimum Gasteiger partial charge on any atom is -0.341 e. The van der Waals surface area contributed by atoms with Crippen molar-refractivity contribution in [2.24, 2.45) is 0 Å². The number of benzene rings is 2. The van der Waals surface area contributed by atoms with Crippen molar-refractivity contribution in [2.75, 3.05) is 0 Å². The van der Waals surface area contributed by atoms with Gasteiger partial charge in [-0.3, -0.25) is 0 Å². The molecule has 0 saturated heterocycles. The van der Waals surface area contributed by atoms with E-state index >= 15 is 0 Å². The van der Waals surface area contributed by atoms with E-state index in [1.54, 1.807) is 0 Å². The molecule has 1 heterocycles. The Hall–Kier alpha value is -1.51. The number of fused-ring (bicyclic) bond motifs is 2. The Balaban J connectivity index is 1.84. The number of H-pyrrole nitrogens is 1. The topological polar surface area (TPSA) is 28.7 Å². The maximum Gasteiger partial charge on any atom is 0.114 e. The molecule has 2 nitrogen and oxygen atoms in total. The Kier molecular flexibility index (Phi) is 3.16. The van der Waals surface area contributed by atoms with Crippen LogP contribution in [0.5, 0.6) is 0 Å². The average Bonchev–Trinajstić information content (AvgIpc) is 2.90. The van der Waals surface area contributed by atoms with E-state index in [0.29, 0.717) is 16.0 Å². The Morgan fingerprint density at radius 1 is 1.10 bits per heavy atom. The van der Waals surface area contributed by atoms with E-state index in [2.05, 4.69) is 29.2 Å². The van der Waals surface area contributed by atoms with Gasteiger partial charge in [-0.25, -0.2) is 4.98 Å². The largest absolute Gasteiger partial charge is 0.341 e. The lowest BCUT2D eigenvalue weighted by Gasteiger charge is -2.23. The quantitative estimate of drug-likeness (QED) is 0.645. The molecular weight excluding hydrogens is 303 g/mol. The van der Waals surface area contributed by atoms with E-state index < -0.39 is 0 Å². The van der Waals surface area contributed by atoms with Gasteiger partial charge in [0.2, 0.25) is 0 Å². The van der Waals surface area contributed by atoms with Crippen LogP contribution in [0.2, 0.25) is 10.0 Å². The van der Waals surface area contributed by atoms with Crippen LogP contribution in [0.3, 0.4) is 0 Å². The molecule has 1 unspecified atom stereocenters. The molecule has 2 aromatic carbocycles. The summed E-state index contributed by atoms with van der Waals surface area (Å²) >= 11 is 12.2. The predicted octanol–water partition coefficient (Wildman–Crippen LogP) is 5.34. The maximum atomic E-state index is 6.08. The van der Waals surface area contributed by atoms with Gasteiger partial charge in [-0.05, 0) is 42.5 Å². The third-order valence-corrected chi connectivity index (χ3v) is 4.96. The zero-order valence-corrected chi connectivity index (χ0v) is 12.9. The Morgan fingerprint density at radius 3 is 2.81 bits per heavy atom. The summed E-state index contributed by atoms with van der Waals surface area (Å²) in [6.07, 6.45) is 3.48. The van der Waals surface area contributed by atoms with Crippen LogP contribution in [0, 0.1) is 0 Å². The van der Waals surface area contributed by atoms with Crippen LogP contribution in [-0.2, 0) is 6.42 Å². The summed E-state index contributed by atoms with van der Waals surface area (Å²) < 4.78 is 0. The lowest BCUT2D eigenvalue weighted by atomic mass is 9.82. The van der Waals surface area contributed by atoms with Gasteiger partial charge >= 0.3 is 0 Å². The molecule has 0 spiro atoms. The molecular formula is C17H14Cl2N2. The van der Waals surface area contributed by atoms with Crippen molar-refractivity contribution >= 4 is 34.2 Å². The molecule has 0 amide bonds. The molecule has 0 saturated carbocycles. The fraction of sp³-hybridized carbons (Fsp3) is 0.235. The number of aryl methyl sites for hydroxylation is 1. The van der Waals surface area contributed by atoms with E-state index in [1.165, 1.54) is 17.5 Å². The molecule has 4 heteroatoms. The van der Waals surface area contributed by atoms with Gasteiger partial charge in [-0.15, -0.1) is 0 Å². The number of hydrogen-bond acceptors (Lipinski definition) is 1. The summed E-state index contributed by atoms with van der Waals surface area (Å²) in [5.41, 5.74) is 4.65. The lowest BCUT2D eigenvalue weighted by Crippen LogP contribution is -2.12. The van der Waals surface area contributed by atoms with Gasteiger partial charge < -0.3 is 4.98 Å². The summed E-state index contributed by atoms with van der Waals surface area (Å²) in [4.78, 5) is 8.16. The second-order valence-electron chi connectivity index (χ2n) is 5.55. The molecule has 1 N–H and O–H groups in total. The number of hydrogen-bond donors (Lipinski definition) is 1. The molecule has 0 fully saturated rings. The standard InChI is InChI=1S/C17H14Cl2N2/c18-13-8-15-16(9-14(13)19)21-17(20-15)12-7-3-5-10-4-1-2-6-11(10)12/h1-2,4,6,8-9,12H,3,5,7H2,(H,20,21). The summed E-state index contributed by atoms with van der Waals surface area (Å²) in [6.45, 7) is 0. The van der Waals surface area contributed by atoms with Crippen molar-refractivity contribution in [3.8, 4) is 0 Å². The zero-order chi connectivity index (χ0) is 14.4. The third-order valence-electron chi connectivity index (χ3n) is 4.24. The summed E-state index contributed by atoms with van der Waals surface area (Å²) in [5, 5.41) is 1.11. The fourth-order valence-electron chi connectivity index (χ4n) is 3.23. The molecule has 1 atom stereocenters. The summed E-state index contributed by atoms with van der Waals surface area (Å²) in [7, 11) is 0. The monoisotopic (exact) mass is 316 g/mol.